The van der Waals surface area contributed by atoms with Crippen LogP contribution in [0.3, 0.4) is 0 Å². The van der Waals surface area contributed by atoms with Crippen LogP contribution in [0.4, 0.5) is 0 Å². The Labute approximate surface area is 112 Å². The number of rotatable bonds is 3. The molecule has 3 rings (SSSR count). The van der Waals surface area contributed by atoms with Gasteiger partial charge in [-0.05, 0) is 37.6 Å². The van der Waals surface area contributed by atoms with Gasteiger partial charge < -0.3 is 4.42 Å². The lowest BCUT2D eigenvalue weighted by atomic mass is 9.93. The number of hydrogen-bond donors (Lipinski definition) is 0. The van der Waals surface area contributed by atoms with E-state index in [1.54, 1.807) is 0 Å². The highest BCUT2D eigenvalue weighted by Crippen LogP contribution is 2.22. The standard InChI is InChI=1S/C15H18N2O2/c1-17(12-3-5-13(18)6-4-12)9-11-2-7-14-15(8-11)19-10-16-14/h2,7-8,10,12H,3-6,9H2,1H3. The second kappa shape index (κ2) is 5.13. The minimum absolute atomic E-state index is 0.410. The first-order chi connectivity index (χ1) is 9.22. The highest BCUT2D eigenvalue weighted by atomic mass is 16.3. The van der Waals surface area contributed by atoms with Crippen LogP contribution in [-0.2, 0) is 11.3 Å². The van der Waals surface area contributed by atoms with Gasteiger partial charge in [-0.3, -0.25) is 9.69 Å². The van der Waals surface area contributed by atoms with Crippen LogP contribution in [0.25, 0.3) is 11.1 Å². The van der Waals surface area contributed by atoms with Crippen molar-refractivity contribution in [3.63, 3.8) is 0 Å². The van der Waals surface area contributed by atoms with Gasteiger partial charge in [0.15, 0.2) is 12.0 Å². The van der Waals surface area contributed by atoms with E-state index in [1.165, 1.54) is 12.0 Å². The zero-order valence-electron chi connectivity index (χ0n) is 11.1. The minimum Gasteiger partial charge on any atom is -0.443 e. The van der Waals surface area contributed by atoms with Crippen LogP contribution in [-0.4, -0.2) is 28.8 Å². The highest BCUT2D eigenvalue weighted by Gasteiger charge is 2.22. The van der Waals surface area contributed by atoms with E-state index in [1.807, 2.05) is 12.1 Å². The van der Waals surface area contributed by atoms with Crippen molar-refractivity contribution in [2.75, 3.05) is 7.05 Å². The molecule has 0 bridgehead atoms. The van der Waals surface area contributed by atoms with Crippen LogP contribution in [0.5, 0.6) is 0 Å². The van der Waals surface area contributed by atoms with E-state index < -0.39 is 0 Å². The fraction of sp³-hybridized carbons (Fsp3) is 0.467. The van der Waals surface area contributed by atoms with Crippen molar-refractivity contribution in [1.82, 2.24) is 9.88 Å². The molecule has 1 heterocycles. The van der Waals surface area contributed by atoms with Gasteiger partial charge in [-0.2, -0.15) is 0 Å². The second-order valence-electron chi connectivity index (χ2n) is 5.34. The first kappa shape index (κ1) is 12.4. The Bertz CT molecular complexity index is 581. The summed E-state index contributed by atoms with van der Waals surface area (Å²) >= 11 is 0. The monoisotopic (exact) mass is 258 g/mol. The van der Waals surface area contributed by atoms with Gasteiger partial charge in [0, 0.05) is 25.4 Å². The Balaban J connectivity index is 1.68. The maximum absolute atomic E-state index is 11.3. The van der Waals surface area contributed by atoms with E-state index in [-0.39, 0.29) is 0 Å². The summed E-state index contributed by atoms with van der Waals surface area (Å²) in [5.41, 5.74) is 2.96. The number of nitrogens with zero attached hydrogens (tertiary/aromatic N) is 2. The lowest BCUT2D eigenvalue weighted by Crippen LogP contribution is -2.34. The van der Waals surface area contributed by atoms with Gasteiger partial charge in [0.05, 0.1) is 0 Å². The van der Waals surface area contributed by atoms with Gasteiger partial charge in [0.1, 0.15) is 11.3 Å². The molecule has 1 aromatic carbocycles. The van der Waals surface area contributed by atoms with Crippen molar-refractivity contribution in [2.45, 2.75) is 38.3 Å². The van der Waals surface area contributed by atoms with Gasteiger partial charge in [0.2, 0.25) is 0 Å². The molecule has 100 valence electrons. The fourth-order valence-corrected chi connectivity index (χ4v) is 2.78. The summed E-state index contributed by atoms with van der Waals surface area (Å²) in [6, 6.07) is 6.65. The molecule has 1 aliphatic carbocycles. The molecule has 1 fully saturated rings. The lowest BCUT2D eigenvalue weighted by molar-refractivity contribution is -0.121. The molecule has 19 heavy (non-hydrogen) atoms. The Hall–Kier alpha value is -1.68. The molecule has 0 saturated heterocycles. The third kappa shape index (κ3) is 2.68. The average Bonchev–Trinajstić information content (AvgIpc) is 2.87. The van der Waals surface area contributed by atoms with Gasteiger partial charge in [-0.15, -0.1) is 0 Å². The van der Waals surface area contributed by atoms with Crippen LogP contribution in [0.2, 0.25) is 0 Å². The topological polar surface area (TPSA) is 46.3 Å². The van der Waals surface area contributed by atoms with E-state index in [4.69, 9.17) is 4.42 Å². The third-order valence-corrected chi connectivity index (χ3v) is 3.96. The molecular formula is C15H18N2O2. The number of carbonyl (C=O) groups is 1. The Morgan fingerprint density at radius 3 is 2.95 bits per heavy atom. The molecule has 0 radical (unpaired) electrons. The molecule has 0 unspecified atom stereocenters. The fourth-order valence-electron chi connectivity index (χ4n) is 2.78. The highest BCUT2D eigenvalue weighted by molar-refractivity contribution is 5.79. The van der Waals surface area contributed by atoms with Crippen molar-refractivity contribution < 1.29 is 9.21 Å². The predicted octanol–water partition coefficient (Wildman–Crippen LogP) is 2.77. The van der Waals surface area contributed by atoms with E-state index in [0.29, 0.717) is 11.8 Å². The number of fused-ring (bicyclic) bond motifs is 1. The van der Waals surface area contributed by atoms with Gasteiger partial charge in [-0.1, -0.05) is 6.07 Å². The van der Waals surface area contributed by atoms with E-state index >= 15 is 0 Å². The largest absolute Gasteiger partial charge is 0.443 e. The van der Waals surface area contributed by atoms with Crippen LogP contribution in [0, 0.1) is 0 Å². The molecule has 1 aliphatic rings. The normalized spacial score (nSPS) is 17.5. The zero-order chi connectivity index (χ0) is 13.2. The van der Waals surface area contributed by atoms with Crippen molar-refractivity contribution >= 4 is 16.9 Å². The van der Waals surface area contributed by atoms with E-state index in [9.17, 15) is 4.79 Å². The van der Waals surface area contributed by atoms with Crippen molar-refractivity contribution in [3.05, 3.63) is 30.2 Å². The van der Waals surface area contributed by atoms with Crippen LogP contribution >= 0.6 is 0 Å². The summed E-state index contributed by atoms with van der Waals surface area (Å²) in [6.07, 6.45) is 4.91. The number of aromatic nitrogens is 1. The third-order valence-electron chi connectivity index (χ3n) is 3.96. The van der Waals surface area contributed by atoms with E-state index in [0.717, 1.165) is 43.3 Å². The van der Waals surface area contributed by atoms with Gasteiger partial charge in [-0.25, -0.2) is 4.98 Å². The Morgan fingerprint density at radius 1 is 1.37 bits per heavy atom. The molecule has 4 nitrogen and oxygen atoms in total. The molecule has 0 amide bonds. The molecule has 1 saturated carbocycles. The summed E-state index contributed by atoms with van der Waals surface area (Å²) in [6.45, 7) is 0.884. The maximum atomic E-state index is 11.3. The van der Waals surface area contributed by atoms with E-state index in [2.05, 4.69) is 23.0 Å². The Morgan fingerprint density at radius 2 is 2.16 bits per heavy atom. The molecule has 1 aromatic heterocycles. The summed E-state index contributed by atoms with van der Waals surface area (Å²) in [4.78, 5) is 17.7. The number of ketones is 1. The van der Waals surface area contributed by atoms with Crippen LogP contribution in [0.1, 0.15) is 31.2 Å². The molecule has 0 spiro atoms. The predicted molar refractivity (Wildman–Crippen MR) is 72.7 cm³/mol. The van der Waals surface area contributed by atoms with Gasteiger partial charge in [0.25, 0.3) is 0 Å². The SMILES string of the molecule is CN(Cc1ccc2ncoc2c1)C1CCC(=O)CC1. The molecule has 0 N–H and O–H groups in total. The molecule has 0 aliphatic heterocycles. The zero-order valence-corrected chi connectivity index (χ0v) is 11.1. The number of hydrogen-bond acceptors (Lipinski definition) is 4. The van der Waals surface area contributed by atoms with Crippen LogP contribution in [0.15, 0.2) is 29.0 Å². The molecule has 4 heteroatoms. The summed E-state index contributed by atoms with van der Waals surface area (Å²) in [7, 11) is 2.13. The molecule has 0 atom stereocenters. The maximum Gasteiger partial charge on any atom is 0.181 e. The first-order valence-electron chi connectivity index (χ1n) is 6.76. The number of benzene rings is 1. The quantitative estimate of drug-likeness (QED) is 0.849. The van der Waals surface area contributed by atoms with Crippen molar-refractivity contribution in [2.24, 2.45) is 0 Å². The van der Waals surface area contributed by atoms with Crippen molar-refractivity contribution in [3.8, 4) is 0 Å². The second-order valence-corrected chi connectivity index (χ2v) is 5.34. The van der Waals surface area contributed by atoms with Gasteiger partial charge >= 0.3 is 0 Å². The lowest BCUT2D eigenvalue weighted by Gasteiger charge is -2.30. The number of oxazole rings is 1. The molecule has 2 aromatic rings. The number of Topliss-reactive ketones (excluding diaryl/α,β-unsaturated/α-hetero) is 1. The van der Waals surface area contributed by atoms with Crippen LogP contribution < -0.4 is 0 Å². The first-order valence-corrected chi connectivity index (χ1v) is 6.76. The minimum atomic E-state index is 0.410. The summed E-state index contributed by atoms with van der Waals surface area (Å²) < 4.78 is 5.33. The summed E-state index contributed by atoms with van der Waals surface area (Å²) in [5.74, 6) is 0.410. The Kier molecular flexibility index (Phi) is 3.34. The molecular weight excluding hydrogens is 240 g/mol. The summed E-state index contributed by atoms with van der Waals surface area (Å²) in [5, 5.41) is 0. The van der Waals surface area contributed by atoms with Crippen molar-refractivity contribution in [1.29, 1.82) is 0 Å². The smallest absolute Gasteiger partial charge is 0.181 e. The number of carbonyl (C=O) groups excluding carboxylic acids is 1. The average molecular weight is 258 g/mol.